The lowest BCUT2D eigenvalue weighted by molar-refractivity contribution is -0.317. The van der Waals surface area contributed by atoms with Crippen molar-refractivity contribution < 1.29 is 19.4 Å². The first-order valence-corrected chi connectivity index (χ1v) is 9.05. The van der Waals surface area contributed by atoms with E-state index in [-0.39, 0.29) is 12.1 Å². The van der Waals surface area contributed by atoms with Gasteiger partial charge in [0.15, 0.2) is 0 Å². The van der Waals surface area contributed by atoms with Gasteiger partial charge in [-0.25, -0.2) is 0 Å². The summed E-state index contributed by atoms with van der Waals surface area (Å²) in [6, 6.07) is 18.6. The number of rotatable bonds is 6. The number of carboxylic acids is 1. The summed E-state index contributed by atoms with van der Waals surface area (Å²) in [5.41, 5.74) is 1.67. The van der Waals surface area contributed by atoms with E-state index in [2.05, 4.69) is 0 Å². The molecule has 0 saturated heterocycles. The number of hydrogen-bond donors (Lipinski definition) is 0. The Morgan fingerprint density at radius 1 is 0.923 bits per heavy atom. The van der Waals surface area contributed by atoms with Crippen LogP contribution in [0.1, 0.15) is 43.2 Å². The van der Waals surface area contributed by atoms with E-state index in [0.29, 0.717) is 6.42 Å². The normalized spacial score (nSPS) is 25.8. The first-order chi connectivity index (χ1) is 12.5. The molecule has 0 bridgehead atoms. The maximum atomic E-state index is 12.9. The Morgan fingerprint density at radius 3 is 1.77 bits per heavy atom. The first kappa shape index (κ1) is 18.2. The Balaban J connectivity index is 2.00. The molecule has 136 valence electrons. The molecule has 2 aromatic carbocycles. The number of hydrogen-bond acceptors (Lipinski definition) is 4. The van der Waals surface area contributed by atoms with Crippen molar-refractivity contribution in [3.8, 4) is 0 Å². The zero-order valence-corrected chi connectivity index (χ0v) is 15.0. The molecule has 2 unspecified atom stereocenters. The molecule has 1 aliphatic rings. The average molecular weight is 351 g/mol. The average Bonchev–Trinajstić information content (AvgIpc) is 2.62. The minimum Gasteiger partial charge on any atom is -0.550 e. The molecule has 1 fully saturated rings. The number of carbonyl (C=O) groups is 2. The lowest BCUT2D eigenvalue weighted by Gasteiger charge is -2.51. The van der Waals surface area contributed by atoms with Crippen LogP contribution in [0.4, 0.5) is 0 Å². The standard InChI is InChI=1S/C22H24O4/c1-3-14(2)26-22(25)20-17(15-10-6-4-7-11-15)19(21(23)24)18(20)16-12-8-5-9-13-16/h4-14,17-20H,3H2,1-2H3,(H,23,24)/p-1/t14-,17-,18+,19?,20?/m1/s1. The molecule has 0 spiro atoms. The Hall–Kier alpha value is -2.62. The highest BCUT2D eigenvalue weighted by Crippen LogP contribution is 2.57. The van der Waals surface area contributed by atoms with Crippen molar-refractivity contribution in [2.75, 3.05) is 0 Å². The predicted molar refractivity (Wildman–Crippen MR) is 96.2 cm³/mol. The van der Waals surface area contributed by atoms with Crippen molar-refractivity contribution >= 4 is 11.9 Å². The van der Waals surface area contributed by atoms with Crippen LogP contribution >= 0.6 is 0 Å². The molecule has 0 heterocycles. The van der Waals surface area contributed by atoms with Crippen molar-refractivity contribution in [2.24, 2.45) is 11.8 Å². The van der Waals surface area contributed by atoms with E-state index in [1.165, 1.54) is 0 Å². The summed E-state index contributed by atoms with van der Waals surface area (Å²) in [6.07, 6.45) is 0.520. The molecular formula is C22H23O4-. The second-order valence-corrected chi connectivity index (χ2v) is 6.90. The van der Waals surface area contributed by atoms with Crippen molar-refractivity contribution in [1.29, 1.82) is 0 Å². The smallest absolute Gasteiger partial charge is 0.310 e. The van der Waals surface area contributed by atoms with E-state index < -0.39 is 29.6 Å². The van der Waals surface area contributed by atoms with Crippen molar-refractivity contribution in [3.05, 3.63) is 71.8 Å². The minimum absolute atomic E-state index is 0.197. The highest BCUT2D eigenvalue weighted by atomic mass is 16.5. The summed E-state index contributed by atoms with van der Waals surface area (Å²) in [6.45, 7) is 3.80. The molecule has 1 saturated carbocycles. The van der Waals surface area contributed by atoms with Gasteiger partial charge in [-0.2, -0.15) is 0 Å². The van der Waals surface area contributed by atoms with Crippen molar-refractivity contribution in [1.82, 2.24) is 0 Å². The fourth-order valence-corrected chi connectivity index (χ4v) is 3.87. The molecular weight excluding hydrogens is 328 g/mol. The van der Waals surface area contributed by atoms with Crippen molar-refractivity contribution in [3.63, 3.8) is 0 Å². The van der Waals surface area contributed by atoms with Gasteiger partial charge in [0.05, 0.1) is 12.0 Å². The summed E-state index contributed by atoms with van der Waals surface area (Å²) < 4.78 is 5.58. The van der Waals surface area contributed by atoms with Crippen LogP contribution in [0, 0.1) is 11.8 Å². The minimum atomic E-state index is -1.12. The highest BCUT2D eigenvalue weighted by molar-refractivity contribution is 5.83. The van der Waals surface area contributed by atoms with Gasteiger partial charge < -0.3 is 14.6 Å². The summed E-state index contributed by atoms with van der Waals surface area (Å²) in [7, 11) is 0. The zero-order valence-electron chi connectivity index (χ0n) is 15.0. The zero-order chi connectivity index (χ0) is 18.7. The van der Waals surface area contributed by atoms with E-state index in [9.17, 15) is 14.7 Å². The Kier molecular flexibility index (Phi) is 5.40. The van der Waals surface area contributed by atoms with Crippen LogP contribution in [0.25, 0.3) is 0 Å². The Morgan fingerprint density at radius 2 is 1.38 bits per heavy atom. The predicted octanol–water partition coefficient (Wildman–Crippen LogP) is 2.89. The molecule has 2 aromatic rings. The number of benzene rings is 2. The molecule has 1 aliphatic carbocycles. The molecule has 4 heteroatoms. The van der Waals surface area contributed by atoms with Crippen LogP contribution in [0.3, 0.4) is 0 Å². The Bertz CT molecular complexity index is 709. The van der Waals surface area contributed by atoms with Gasteiger partial charge in [0.2, 0.25) is 0 Å². The number of carboxylic acid groups (broad SMARTS) is 1. The molecule has 26 heavy (non-hydrogen) atoms. The number of esters is 1. The molecule has 0 N–H and O–H groups in total. The number of carbonyl (C=O) groups excluding carboxylic acids is 2. The van der Waals surface area contributed by atoms with E-state index in [1.54, 1.807) is 0 Å². The Labute approximate surface area is 153 Å². The quantitative estimate of drug-likeness (QED) is 0.751. The molecule has 5 atom stereocenters. The molecule has 0 aromatic heterocycles. The van der Waals surface area contributed by atoms with E-state index in [1.807, 2.05) is 74.5 Å². The highest BCUT2D eigenvalue weighted by Gasteiger charge is 2.56. The van der Waals surface area contributed by atoms with E-state index in [0.717, 1.165) is 11.1 Å². The van der Waals surface area contributed by atoms with Crippen LogP contribution < -0.4 is 5.11 Å². The van der Waals surface area contributed by atoms with Crippen LogP contribution in [-0.4, -0.2) is 18.0 Å². The molecule has 3 rings (SSSR count). The second-order valence-electron chi connectivity index (χ2n) is 6.90. The third-order valence-electron chi connectivity index (χ3n) is 5.35. The van der Waals surface area contributed by atoms with Crippen molar-refractivity contribution in [2.45, 2.75) is 38.2 Å². The van der Waals surface area contributed by atoms with Crippen LogP contribution in [0.15, 0.2) is 60.7 Å². The SMILES string of the molecule is CC[C@@H](C)OC(=O)C1[C@H](c2ccccc2)C(C(=O)[O-])[C@@H]1c1ccccc1. The van der Waals surface area contributed by atoms with Gasteiger partial charge in [-0.15, -0.1) is 0 Å². The summed E-state index contributed by atoms with van der Waals surface area (Å²) in [5.74, 6) is -3.63. The van der Waals surface area contributed by atoms with Crippen LogP contribution in [0.5, 0.6) is 0 Å². The van der Waals surface area contributed by atoms with E-state index >= 15 is 0 Å². The number of ether oxygens (including phenoxy) is 1. The maximum absolute atomic E-state index is 12.9. The molecule has 4 nitrogen and oxygen atoms in total. The lowest BCUT2D eigenvalue weighted by atomic mass is 9.52. The van der Waals surface area contributed by atoms with Gasteiger partial charge in [-0.3, -0.25) is 4.79 Å². The van der Waals surface area contributed by atoms with Gasteiger partial charge in [-0.05, 0) is 24.5 Å². The third kappa shape index (κ3) is 3.36. The van der Waals surface area contributed by atoms with Gasteiger partial charge in [0, 0.05) is 23.7 Å². The molecule has 0 radical (unpaired) electrons. The summed E-state index contributed by atoms with van der Waals surface area (Å²) >= 11 is 0. The number of aliphatic carboxylic acids is 1. The van der Waals surface area contributed by atoms with Crippen LogP contribution in [0.2, 0.25) is 0 Å². The fraction of sp³-hybridized carbons (Fsp3) is 0.364. The topological polar surface area (TPSA) is 66.4 Å². The monoisotopic (exact) mass is 351 g/mol. The second kappa shape index (κ2) is 7.73. The van der Waals surface area contributed by atoms with Gasteiger partial charge in [0.25, 0.3) is 0 Å². The summed E-state index contributed by atoms with van der Waals surface area (Å²) in [5, 5.41) is 11.9. The maximum Gasteiger partial charge on any atom is 0.310 e. The first-order valence-electron chi connectivity index (χ1n) is 9.05. The largest absolute Gasteiger partial charge is 0.550 e. The van der Waals surface area contributed by atoms with E-state index in [4.69, 9.17) is 4.74 Å². The molecule has 0 amide bonds. The third-order valence-corrected chi connectivity index (χ3v) is 5.35. The van der Waals surface area contributed by atoms with Gasteiger partial charge in [0.1, 0.15) is 0 Å². The van der Waals surface area contributed by atoms with Gasteiger partial charge >= 0.3 is 5.97 Å². The molecule has 0 aliphatic heterocycles. The summed E-state index contributed by atoms with van der Waals surface area (Å²) in [4.78, 5) is 24.8. The van der Waals surface area contributed by atoms with Gasteiger partial charge in [-0.1, -0.05) is 67.6 Å². The lowest BCUT2D eigenvalue weighted by Crippen LogP contribution is -2.55. The fourth-order valence-electron chi connectivity index (χ4n) is 3.87. The van der Waals surface area contributed by atoms with Crippen LogP contribution in [-0.2, 0) is 14.3 Å².